The van der Waals surface area contributed by atoms with Gasteiger partial charge in [0.1, 0.15) is 0 Å². The van der Waals surface area contributed by atoms with E-state index in [0.717, 1.165) is 18.4 Å². The molecule has 132 valence electrons. The Morgan fingerprint density at radius 1 is 1.32 bits per heavy atom. The number of nitrogens with one attached hydrogen (secondary N) is 2. The highest BCUT2D eigenvalue weighted by Crippen LogP contribution is 2.15. The number of ether oxygens (including phenoxy) is 1. The zero-order chi connectivity index (χ0) is 17.6. The Balaban J connectivity index is 1.51. The van der Waals surface area contributed by atoms with Gasteiger partial charge in [-0.05, 0) is 37.5 Å². The molecule has 1 aliphatic heterocycles. The quantitative estimate of drug-likeness (QED) is 0.788. The van der Waals surface area contributed by atoms with Crippen LogP contribution in [0.1, 0.15) is 25.3 Å². The molecule has 2 amide bonds. The first kappa shape index (κ1) is 17.1. The summed E-state index contributed by atoms with van der Waals surface area (Å²) in [4.78, 5) is 28.0. The lowest BCUT2D eigenvalue weighted by atomic mass is 10.1. The fourth-order valence-electron chi connectivity index (χ4n) is 2.73. The van der Waals surface area contributed by atoms with Crippen molar-refractivity contribution in [1.82, 2.24) is 20.1 Å². The van der Waals surface area contributed by atoms with Crippen LogP contribution in [-0.4, -0.2) is 45.3 Å². The summed E-state index contributed by atoms with van der Waals surface area (Å²) in [5.74, 6) is -1.09. The Hall–Kier alpha value is -2.74. The van der Waals surface area contributed by atoms with Crippen molar-refractivity contribution < 1.29 is 14.3 Å². The highest BCUT2D eigenvalue weighted by Gasteiger charge is 2.26. The lowest BCUT2D eigenvalue weighted by Crippen LogP contribution is -2.45. The van der Waals surface area contributed by atoms with Crippen molar-refractivity contribution in [2.75, 3.05) is 11.9 Å². The van der Waals surface area contributed by atoms with Gasteiger partial charge in [-0.2, -0.15) is 5.10 Å². The number of pyridine rings is 1. The zero-order valence-electron chi connectivity index (χ0n) is 14.0. The second-order valence-electron chi connectivity index (χ2n) is 6.02. The molecule has 2 aromatic rings. The van der Waals surface area contributed by atoms with Gasteiger partial charge in [0.25, 0.3) is 0 Å². The minimum Gasteiger partial charge on any atom is -0.376 e. The number of carbonyl (C=O) groups excluding carboxylic acids is 2. The van der Waals surface area contributed by atoms with E-state index in [1.807, 2.05) is 19.1 Å². The number of carbonyl (C=O) groups is 2. The second-order valence-corrected chi connectivity index (χ2v) is 6.02. The van der Waals surface area contributed by atoms with E-state index in [-0.39, 0.29) is 12.1 Å². The van der Waals surface area contributed by atoms with Crippen LogP contribution in [0.15, 0.2) is 36.8 Å². The standard InChI is InChI=1S/C17H21N5O3/c1-12(14-3-2-10-25-14)19-16(23)17(24)20-15-6-9-22(21-15)11-13-4-7-18-8-5-13/h4-9,12,14H,2-3,10-11H2,1H3,(H,19,23)(H,20,21,24)/t12-,14-/m1/s1. The number of amides is 2. The van der Waals surface area contributed by atoms with E-state index in [1.54, 1.807) is 29.3 Å². The van der Waals surface area contributed by atoms with E-state index in [2.05, 4.69) is 20.7 Å². The van der Waals surface area contributed by atoms with E-state index >= 15 is 0 Å². The minimum absolute atomic E-state index is 0.0312. The van der Waals surface area contributed by atoms with Crippen molar-refractivity contribution in [3.8, 4) is 0 Å². The summed E-state index contributed by atoms with van der Waals surface area (Å²) in [6, 6.07) is 5.22. The van der Waals surface area contributed by atoms with E-state index in [4.69, 9.17) is 4.74 Å². The fourth-order valence-corrected chi connectivity index (χ4v) is 2.73. The van der Waals surface area contributed by atoms with Crippen molar-refractivity contribution in [2.45, 2.75) is 38.5 Å². The number of hydrogen-bond donors (Lipinski definition) is 2. The third-order valence-electron chi connectivity index (χ3n) is 4.06. The maximum absolute atomic E-state index is 12.0. The summed E-state index contributed by atoms with van der Waals surface area (Å²) >= 11 is 0. The lowest BCUT2D eigenvalue weighted by Gasteiger charge is -2.19. The number of hydrogen-bond acceptors (Lipinski definition) is 5. The van der Waals surface area contributed by atoms with Crippen LogP contribution in [0.25, 0.3) is 0 Å². The lowest BCUT2D eigenvalue weighted by molar-refractivity contribution is -0.137. The van der Waals surface area contributed by atoms with Gasteiger partial charge in [0.2, 0.25) is 0 Å². The normalized spacial score (nSPS) is 17.9. The number of aromatic nitrogens is 3. The van der Waals surface area contributed by atoms with Crippen LogP contribution in [0.3, 0.4) is 0 Å². The Morgan fingerprint density at radius 2 is 2.12 bits per heavy atom. The van der Waals surface area contributed by atoms with Crippen molar-refractivity contribution in [1.29, 1.82) is 0 Å². The smallest absolute Gasteiger partial charge is 0.314 e. The van der Waals surface area contributed by atoms with Gasteiger partial charge < -0.3 is 15.4 Å². The van der Waals surface area contributed by atoms with Gasteiger partial charge in [0, 0.05) is 31.3 Å². The van der Waals surface area contributed by atoms with Gasteiger partial charge >= 0.3 is 11.8 Å². The van der Waals surface area contributed by atoms with Crippen molar-refractivity contribution >= 4 is 17.6 Å². The molecule has 1 aliphatic rings. The molecule has 2 aromatic heterocycles. The van der Waals surface area contributed by atoms with Crippen LogP contribution in [0, 0.1) is 0 Å². The fraction of sp³-hybridized carbons (Fsp3) is 0.412. The number of nitrogens with zero attached hydrogens (tertiary/aromatic N) is 3. The summed E-state index contributed by atoms with van der Waals surface area (Å²) in [5.41, 5.74) is 1.04. The second kappa shape index (κ2) is 7.89. The minimum atomic E-state index is -0.737. The first-order valence-electron chi connectivity index (χ1n) is 8.27. The Labute approximate surface area is 145 Å². The van der Waals surface area contributed by atoms with Crippen LogP contribution in [0.5, 0.6) is 0 Å². The molecule has 2 atom stereocenters. The molecule has 1 saturated heterocycles. The summed E-state index contributed by atoms with van der Waals surface area (Å²) in [6.45, 7) is 3.09. The Kier molecular flexibility index (Phi) is 5.39. The van der Waals surface area contributed by atoms with E-state index in [9.17, 15) is 9.59 Å². The molecule has 1 fully saturated rings. The molecule has 0 aliphatic carbocycles. The molecule has 3 rings (SSSR count). The highest BCUT2D eigenvalue weighted by molar-refractivity contribution is 6.39. The van der Waals surface area contributed by atoms with Gasteiger partial charge in [0.05, 0.1) is 18.7 Å². The van der Waals surface area contributed by atoms with Crippen LogP contribution in [0.4, 0.5) is 5.82 Å². The van der Waals surface area contributed by atoms with Gasteiger partial charge in [0.15, 0.2) is 5.82 Å². The van der Waals surface area contributed by atoms with Gasteiger partial charge in [-0.25, -0.2) is 0 Å². The van der Waals surface area contributed by atoms with Gasteiger partial charge in [-0.3, -0.25) is 19.3 Å². The predicted molar refractivity (Wildman–Crippen MR) is 90.8 cm³/mol. The monoisotopic (exact) mass is 343 g/mol. The van der Waals surface area contributed by atoms with Crippen LogP contribution < -0.4 is 10.6 Å². The zero-order valence-corrected chi connectivity index (χ0v) is 14.0. The summed E-state index contributed by atoms with van der Waals surface area (Å²) in [5, 5.41) is 9.42. The topological polar surface area (TPSA) is 98.1 Å². The van der Waals surface area contributed by atoms with Gasteiger partial charge in [-0.15, -0.1) is 0 Å². The maximum atomic E-state index is 12.0. The Bertz CT molecular complexity index is 725. The van der Waals surface area contributed by atoms with E-state index < -0.39 is 11.8 Å². The average Bonchev–Trinajstić information content (AvgIpc) is 3.28. The predicted octanol–water partition coefficient (Wildman–Crippen LogP) is 0.949. The molecule has 2 N–H and O–H groups in total. The van der Waals surface area contributed by atoms with Crippen LogP contribution in [0.2, 0.25) is 0 Å². The summed E-state index contributed by atoms with van der Waals surface area (Å²) in [6.07, 6.45) is 7.00. The Morgan fingerprint density at radius 3 is 2.84 bits per heavy atom. The molecule has 0 spiro atoms. The van der Waals surface area contributed by atoms with E-state index in [1.165, 1.54) is 0 Å². The number of anilines is 1. The van der Waals surface area contributed by atoms with Crippen LogP contribution in [-0.2, 0) is 20.9 Å². The SMILES string of the molecule is C[C@@H](NC(=O)C(=O)Nc1ccn(Cc2ccncc2)n1)[C@H]1CCCO1. The molecule has 8 nitrogen and oxygen atoms in total. The first-order chi connectivity index (χ1) is 12.1. The summed E-state index contributed by atoms with van der Waals surface area (Å²) in [7, 11) is 0. The molecule has 0 radical (unpaired) electrons. The largest absolute Gasteiger partial charge is 0.376 e. The summed E-state index contributed by atoms with van der Waals surface area (Å²) < 4.78 is 7.19. The molecule has 3 heterocycles. The van der Waals surface area contributed by atoms with Crippen molar-refractivity contribution in [3.05, 3.63) is 42.4 Å². The first-order valence-corrected chi connectivity index (χ1v) is 8.27. The third kappa shape index (κ3) is 4.63. The van der Waals surface area contributed by atoms with Crippen LogP contribution >= 0.6 is 0 Å². The van der Waals surface area contributed by atoms with E-state index in [0.29, 0.717) is 19.0 Å². The molecular formula is C17H21N5O3. The molecule has 0 bridgehead atoms. The molecule has 8 heteroatoms. The maximum Gasteiger partial charge on any atom is 0.314 e. The van der Waals surface area contributed by atoms with Crippen molar-refractivity contribution in [2.24, 2.45) is 0 Å². The molecule has 25 heavy (non-hydrogen) atoms. The van der Waals surface area contributed by atoms with Crippen molar-refractivity contribution in [3.63, 3.8) is 0 Å². The molecule has 0 saturated carbocycles. The van der Waals surface area contributed by atoms with Gasteiger partial charge in [-0.1, -0.05) is 0 Å². The molecule has 0 unspecified atom stereocenters. The average molecular weight is 343 g/mol. The molecule has 0 aromatic carbocycles. The molecular weight excluding hydrogens is 322 g/mol. The third-order valence-corrected chi connectivity index (χ3v) is 4.06. The number of rotatable bonds is 5. The highest BCUT2D eigenvalue weighted by atomic mass is 16.5.